The summed E-state index contributed by atoms with van der Waals surface area (Å²) in [5, 5.41) is 3.50. The Balaban J connectivity index is 1.80. The number of nitrogens with one attached hydrogen (secondary N) is 1. The minimum atomic E-state index is 0.741. The average molecular weight is 278 g/mol. The van der Waals surface area contributed by atoms with E-state index in [4.69, 9.17) is 4.42 Å². The van der Waals surface area contributed by atoms with Crippen LogP contribution in [0.2, 0.25) is 0 Å². The highest BCUT2D eigenvalue weighted by Gasteiger charge is 2.20. The first kappa shape index (κ1) is 15.6. The first-order chi connectivity index (χ1) is 9.75. The van der Waals surface area contributed by atoms with E-state index in [1.54, 1.807) is 0 Å². The molecule has 1 N–H and O–H groups in total. The predicted octanol–water partition coefficient (Wildman–Crippen LogP) is 3.79. The second kappa shape index (κ2) is 7.84. The van der Waals surface area contributed by atoms with E-state index in [1.807, 2.05) is 0 Å². The number of nitrogens with zero attached hydrogens (tertiary/aromatic N) is 1. The molecule has 0 atom stereocenters. The van der Waals surface area contributed by atoms with Crippen LogP contribution in [0.1, 0.15) is 58.0 Å². The van der Waals surface area contributed by atoms with E-state index in [2.05, 4.69) is 43.1 Å². The standard InChI is InChI=1S/C17H30N2O/c1-4-14(5-2)12-19(6-3)13-17-10-9-16(20-17)11-18-15-7-8-15/h9-10,14-15,18H,4-8,11-13H2,1-3H3. The van der Waals surface area contributed by atoms with Gasteiger partial charge in [0, 0.05) is 12.6 Å². The summed E-state index contributed by atoms with van der Waals surface area (Å²) in [4.78, 5) is 2.49. The molecule has 1 aromatic heterocycles. The van der Waals surface area contributed by atoms with Crippen molar-refractivity contribution >= 4 is 0 Å². The number of hydrogen-bond acceptors (Lipinski definition) is 3. The van der Waals surface area contributed by atoms with Gasteiger partial charge in [-0.25, -0.2) is 0 Å². The molecule has 114 valence electrons. The van der Waals surface area contributed by atoms with Crippen molar-refractivity contribution in [3.8, 4) is 0 Å². The van der Waals surface area contributed by atoms with Gasteiger partial charge in [0.1, 0.15) is 11.5 Å². The fraction of sp³-hybridized carbons (Fsp3) is 0.765. The monoisotopic (exact) mass is 278 g/mol. The summed E-state index contributed by atoms with van der Waals surface area (Å²) in [5.74, 6) is 2.98. The molecule has 0 aromatic carbocycles. The molecule has 1 heterocycles. The zero-order chi connectivity index (χ0) is 14.4. The van der Waals surface area contributed by atoms with Crippen LogP contribution in [0.5, 0.6) is 0 Å². The largest absolute Gasteiger partial charge is 0.463 e. The molecule has 1 aromatic rings. The van der Waals surface area contributed by atoms with Crippen molar-refractivity contribution in [2.75, 3.05) is 13.1 Å². The Kier molecular flexibility index (Phi) is 6.11. The van der Waals surface area contributed by atoms with Crippen LogP contribution in [0.4, 0.5) is 0 Å². The Morgan fingerprint density at radius 1 is 1.20 bits per heavy atom. The highest BCUT2D eigenvalue weighted by Crippen LogP contribution is 2.20. The number of hydrogen-bond donors (Lipinski definition) is 1. The lowest BCUT2D eigenvalue weighted by molar-refractivity contribution is 0.209. The van der Waals surface area contributed by atoms with E-state index in [0.29, 0.717) is 0 Å². The third-order valence-corrected chi connectivity index (χ3v) is 4.36. The van der Waals surface area contributed by atoms with E-state index < -0.39 is 0 Å². The summed E-state index contributed by atoms with van der Waals surface area (Å²) < 4.78 is 5.94. The number of furan rings is 1. The topological polar surface area (TPSA) is 28.4 Å². The fourth-order valence-electron chi connectivity index (χ4n) is 2.57. The van der Waals surface area contributed by atoms with Crippen LogP contribution in [0, 0.1) is 5.92 Å². The van der Waals surface area contributed by atoms with Gasteiger partial charge in [-0.1, -0.05) is 33.6 Å². The van der Waals surface area contributed by atoms with Gasteiger partial charge >= 0.3 is 0 Å². The Morgan fingerprint density at radius 3 is 2.50 bits per heavy atom. The van der Waals surface area contributed by atoms with E-state index in [1.165, 1.54) is 32.2 Å². The zero-order valence-corrected chi connectivity index (χ0v) is 13.3. The van der Waals surface area contributed by atoms with Crippen molar-refractivity contribution in [1.29, 1.82) is 0 Å². The second-order valence-electron chi connectivity index (χ2n) is 6.03. The van der Waals surface area contributed by atoms with Gasteiger partial charge in [-0.15, -0.1) is 0 Å². The molecule has 3 heteroatoms. The molecule has 0 unspecified atom stereocenters. The SMILES string of the molecule is CCC(CC)CN(CC)Cc1ccc(CNC2CC2)o1. The van der Waals surface area contributed by atoms with Gasteiger partial charge in [-0.3, -0.25) is 4.90 Å². The van der Waals surface area contributed by atoms with Gasteiger partial charge in [0.05, 0.1) is 13.1 Å². The van der Waals surface area contributed by atoms with Gasteiger partial charge in [-0.2, -0.15) is 0 Å². The molecular weight excluding hydrogens is 248 g/mol. The van der Waals surface area contributed by atoms with Gasteiger partial charge < -0.3 is 9.73 Å². The van der Waals surface area contributed by atoms with Crippen LogP contribution in [-0.2, 0) is 13.1 Å². The lowest BCUT2D eigenvalue weighted by Gasteiger charge is -2.24. The minimum absolute atomic E-state index is 0.741. The molecule has 0 saturated heterocycles. The molecule has 0 radical (unpaired) electrons. The maximum Gasteiger partial charge on any atom is 0.118 e. The molecule has 0 spiro atoms. The van der Waals surface area contributed by atoms with Crippen molar-refractivity contribution in [3.05, 3.63) is 23.7 Å². The van der Waals surface area contributed by atoms with Crippen LogP contribution >= 0.6 is 0 Å². The van der Waals surface area contributed by atoms with E-state index in [-0.39, 0.29) is 0 Å². The van der Waals surface area contributed by atoms with Crippen molar-refractivity contribution < 1.29 is 4.42 Å². The Labute approximate surface area is 123 Å². The summed E-state index contributed by atoms with van der Waals surface area (Å²) in [5.41, 5.74) is 0. The summed E-state index contributed by atoms with van der Waals surface area (Å²) in [6, 6.07) is 5.00. The molecular formula is C17H30N2O. The molecule has 0 amide bonds. The third-order valence-electron chi connectivity index (χ3n) is 4.36. The van der Waals surface area contributed by atoms with Gasteiger partial charge in [0.25, 0.3) is 0 Å². The normalized spacial score (nSPS) is 15.4. The summed E-state index contributed by atoms with van der Waals surface area (Å²) in [7, 11) is 0. The van der Waals surface area contributed by atoms with E-state index in [9.17, 15) is 0 Å². The van der Waals surface area contributed by atoms with Crippen molar-refractivity contribution in [2.45, 2.75) is 65.6 Å². The molecule has 0 aliphatic heterocycles. The van der Waals surface area contributed by atoms with E-state index in [0.717, 1.165) is 43.1 Å². The van der Waals surface area contributed by atoms with Gasteiger partial charge in [-0.05, 0) is 37.4 Å². The lowest BCUT2D eigenvalue weighted by atomic mass is 10.0. The fourth-order valence-corrected chi connectivity index (χ4v) is 2.57. The Bertz CT molecular complexity index is 380. The molecule has 1 fully saturated rings. The smallest absolute Gasteiger partial charge is 0.118 e. The number of rotatable bonds is 10. The van der Waals surface area contributed by atoms with Crippen molar-refractivity contribution in [1.82, 2.24) is 10.2 Å². The molecule has 20 heavy (non-hydrogen) atoms. The maximum absolute atomic E-state index is 5.94. The summed E-state index contributed by atoms with van der Waals surface area (Å²) in [6.07, 6.45) is 5.18. The predicted molar refractivity (Wildman–Crippen MR) is 83.6 cm³/mol. The third kappa shape index (κ3) is 4.95. The first-order valence-electron chi connectivity index (χ1n) is 8.28. The summed E-state index contributed by atoms with van der Waals surface area (Å²) in [6.45, 7) is 10.9. The minimum Gasteiger partial charge on any atom is -0.463 e. The quantitative estimate of drug-likeness (QED) is 0.706. The molecule has 3 nitrogen and oxygen atoms in total. The van der Waals surface area contributed by atoms with Crippen LogP contribution < -0.4 is 5.32 Å². The Morgan fingerprint density at radius 2 is 1.90 bits per heavy atom. The molecule has 2 rings (SSSR count). The average Bonchev–Trinajstić information content (AvgIpc) is 3.20. The highest BCUT2D eigenvalue weighted by atomic mass is 16.3. The van der Waals surface area contributed by atoms with Crippen molar-refractivity contribution in [3.63, 3.8) is 0 Å². The summed E-state index contributed by atoms with van der Waals surface area (Å²) >= 11 is 0. The molecule has 1 aliphatic carbocycles. The molecule has 1 saturated carbocycles. The second-order valence-corrected chi connectivity index (χ2v) is 6.03. The van der Waals surface area contributed by atoms with Gasteiger partial charge in [0.15, 0.2) is 0 Å². The van der Waals surface area contributed by atoms with Crippen molar-refractivity contribution in [2.24, 2.45) is 5.92 Å². The van der Waals surface area contributed by atoms with Crippen LogP contribution in [0.25, 0.3) is 0 Å². The Hall–Kier alpha value is -0.800. The maximum atomic E-state index is 5.94. The zero-order valence-electron chi connectivity index (χ0n) is 13.3. The van der Waals surface area contributed by atoms with Crippen LogP contribution in [-0.4, -0.2) is 24.0 Å². The van der Waals surface area contributed by atoms with Crippen LogP contribution in [0.15, 0.2) is 16.5 Å². The highest BCUT2D eigenvalue weighted by molar-refractivity contribution is 5.07. The van der Waals surface area contributed by atoms with Crippen LogP contribution in [0.3, 0.4) is 0 Å². The molecule has 0 bridgehead atoms. The first-order valence-corrected chi connectivity index (χ1v) is 8.28. The van der Waals surface area contributed by atoms with E-state index >= 15 is 0 Å². The van der Waals surface area contributed by atoms with Gasteiger partial charge in [0.2, 0.25) is 0 Å². The molecule has 1 aliphatic rings. The lowest BCUT2D eigenvalue weighted by Crippen LogP contribution is -2.28.